The van der Waals surface area contributed by atoms with Crippen LogP contribution in [0.3, 0.4) is 0 Å². The Kier molecular flexibility index (Phi) is 6.29. The minimum atomic E-state index is -0.416. The third-order valence-electron chi connectivity index (χ3n) is 2.54. The zero-order valence-electron chi connectivity index (χ0n) is 11.1. The van der Waals surface area contributed by atoms with E-state index in [2.05, 4.69) is 10.3 Å². The molecule has 5 nitrogen and oxygen atoms in total. The van der Waals surface area contributed by atoms with E-state index in [9.17, 15) is 9.59 Å². The van der Waals surface area contributed by atoms with Crippen molar-refractivity contribution in [1.29, 1.82) is 0 Å². The van der Waals surface area contributed by atoms with Gasteiger partial charge in [0, 0.05) is 24.5 Å². The quantitative estimate of drug-likeness (QED) is 0.842. The molecule has 0 saturated heterocycles. The first-order chi connectivity index (χ1) is 9.06. The number of carbonyl (C=O) groups excluding carboxylic acids is 2. The van der Waals surface area contributed by atoms with Crippen LogP contribution in [0.2, 0.25) is 0 Å². The van der Waals surface area contributed by atoms with Crippen molar-refractivity contribution >= 4 is 23.5 Å². The molecule has 0 aliphatic heterocycles. The first-order valence-corrected chi connectivity index (χ1v) is 6.67. The predicted octanol–water partition coefficient (Wildman–Crippen LogP) is 2.08. The summed E-state index contributed by atoms with van der Waals surface area (Å²) >= 11 is 5.44. The molecular formula is C13H18ClN3O2. The maximum Gasteiger partial charge on any atom is 0.324 e. The highest BCUT2D eigenvalue weighted by molar-refractivity contribution is 6.19. The normalized spacial score (nSPS) is 10.1. The number of aryl methyl sites for hydroxylation is 1. The molecule has 6 heteroatoms. The lowest BCUT2D eigenvalue weighted by Gasteiger charge is -2.20. The van der Waals surface area contributed by atoms with Gasteiger partial charge in [-0.3, -0.25) is 15.1 Å². The van der Waals surface area contributed by atoms with Crippen molar-refractivity contribution in [3.63, 3.8) is 0 Å². The van der Waals surface area contributed by atoms with Crippen LogP contribution in [0.5, 0.6) is 0 Å². The van der Waals surface area contributed by atoms with Gasteiger partial charge in [-0.1, -0.05) is 6.07 Å². The standard InChI is InChI=1S/C13H18ClN3O2/c1-3-17(13(19)16-12(18)7-8-14)9-11-6-4-5-10(2)15-11/h4-6H,3,7-9H2,1-2H3,(H,16,18,19). The van der Waals surface area contributed by atoms with Crippen molar-refractivity contribution in [2.45, 2.75) is 26.8 Å². The van der Waals surface area contributed by atoms with Crippen molar-refractivity contribution in [3.8, 4) is 0 Å². The first kappa shape index (κ1) is 15.4. The predicted molar refractivity (Wildman–Crippen MR) is 73.9 cm³/mol. The van der Waals surface area contributed by atoms with Crippen LogP contribution in [-0.2, 0) is 11.3 Å². The van der Waals surface area contributed by atoms with Crippen molar-refractivity contribution < 1.29 is 9.59 Å². The van der Waals surface area contributed by atoms with E-state index in [1.807, 2.05) is 32.0 Å². The van der Waals surface area contributed by atoms with E-state index >= 15 is 0 Å². The molecule has 0 saturated carbocycles. The summed E-state index contributed by atoms with van der Waals surface area (Å²) in [5.74, 6) is -0.166. The molecule has 3 amide bonds. The molecule has 0 fully saturated rings. The summed E-state index contributed by atoms with van der Waals surface area (Å²) in [6.07, 6.45) is 0.132. The summed E-state index contributed by atoms with van der Waals surface area (Å²) in [6.45, 7) is 4.61. The van der Waals surface area contributed by atoms with Gasteiger partial charge < -0.3 is 4.90 Å². The zero-order chi connectivity index (χ0) is 14.3. The Bertz CT molecular complexity index is 451. The third kappa shape index (κ3) is 5.26. The molecule has 1 aromatic rings. The van der Waals surface area contributed by atoms with Gasteiger partial charge in [0.05, 0.1) is 12.2 Å². The summed E-state index contributed by atoms with van der Waals surface area (Å²) in [5, 5.41) is 2.30. The van der Waals surface area contributed by atoms with Crippen LogP contribution in [0, 0.1) is 6.92 Å². The number of nitrogens with zero attached hydrogens (tertiary/aromatic N) is 2. The van der Waals surface area contributed by atoms with E-state index in [0.29, 0.717) is 13.1 Å². The summed E-state index contributed by atoms with van der Waals surface area (Å²) in [6, 6.07) is 5.22. The third-order valence-corrected chi connectivity index (χ3v) is 2.72. The van der Waals surface area contributed by atoms with E-state index in [0.717, 1.165) is 11.4 Å². The average molecular weight is 284 g/mol. The van der Waals surface area contributed by atoms with E-state index < -0.39 is 6.03 Å². The number of rotatable bonds is 5. The Morgan fingerprint density at radius 1 is 1.42 bits per heavy atom. The number of alkyl halides is 1. The fourth-order valence-corrected chi connectivity index (χ4v) is 1.73. The molecule has 104 valence electrons. The summed E-state index contributed by atoms with van der Waals surface area (Å²) < 4.78 is 0. The lowest BCUT2D eigenvalue weighted by molar-refractivity contribution is -0.119. The number of pyridine rings is 1. The highest BCUT2D eigenvalue weighted by Gasteiger charge is 2.15. The van der Waals surface area contributed by atoms with Crippen molar-refractivity contribution in [2.75, 3.05) is 12.4 Å². The van der Waals surface area contributed by atoms with Crippen LogP contribution < -0.4 is 5.32 Å². The van der Waals surface area contributed by atoms with Gasteiger partial charge in [0.2, 0.25) is 5.91 Å². The fourth-order valence-electron chi connectivity index (χ4n) is 1.56. The minimum Gasteiger partial charge on any atom is -0.319 e. The monoisotopic (exact) mass is 283 g/mol. The van der Waals surface area contributed by atoms with Gasteiger partial charge in [0.1, 0.15) is 0 Å². The molecule has 0 aliphatic rings. The van der Waals surface area contributed by atoms with Gasteiger partial charge >= 0.3 is 6.03 Å². The van der Waals surface area contributed by atoms with Crippen molar-refractivity contribution in [2.24, 2.45) is 0 Å². The number of carbonyl (C=O) groups is 2. The molecule has 0 radical (unpaired) electrons. The highest BCUT2D eigenvalue weighted by Crippen LogP contribution is 2.03. The van der Waals surface area contributed by atoms with E-state index in [1.165, 1.54) is 4.90 Å². The highest BCUT2D eigenvalue weighted by atomic mass is 35.5. The maximum absolute atomic E-state index is 11.9. The lowest BCUT2D eigenvalue weighted by Crippen LogP contribution is -2.42. The van der Waals surface area contributed by atoms with Crippen LogP contribution in [0.4, 0.5) is 4.79 Å². The zero-order valence-corrected chi connectivity index (χ0v) is 11.9. The second-order valence-electron chi connectivity index (χ2n) is 4.08. The van der Waals surface area contributed by atoms with Gasteiger partial charge in [-0.05, 0) is 26.0 Å². The Morgan fingerprint density at radius 2 is 2.16 bits per heavy atom. The van der Waals surface area contributed by atoms with Gasteiger partial charge in [-0.15, -0.1) is 11.6 Å². The average Bonchev–Trinajstić information content (AvgIpc) is 2.36. The number of imide groups is 1. The summed E-state index contributed by atoms with van der Waals surface area (Å²) in [4.78, 5) is 29.0. The minimum absolute atomic E-state index is 0.132. The summed E-state index contributed by atoms with van der Waals surface area (Å²) in [7, 11) is 0. The molecule has 1 aromatic heterocycles. The molecular weight excluding hydrogens is 266 g/mol. The maximum atomic E-state index is 11.9. The molecule has 1 rings (SSSR count). The lowest BCUT2D eigenvalue weighted by atomic mass is 10.3. The van der Waals surface area contributed by atoms with E-state index in [4.69, 9.17) is 11.6 Å². The molecule has 0 aromatic carbocycles. The number of aromatic nitrogens is 1. The Labute approximate surface area is 118 Å². The fraction of sp³-hybridized carbons (Fsp3) is 0.462. The SMILES string of the molecule is CCN(Cc1cccc(C)n1)C(=O)NC(=O)CCCl. The van der Waals surface area contributed by atoms with Crippen LogP contribution in [-0.4, -0.2) is 34.2 Å². The van der Waals surface area contributed by atoms with Crippen molar-refractivity contribution in [1.82, 2.24) is 15.2 Å². The van der Waals surface area contributed by atoms with Gasteiger partial charge in [-0.2, -0.15) is 0 Å². The number of amides is 3. The molecule has 1 heterocycles. The second-order valence-corrected chi connectivity index (χ2v) is 4.45. The van der Waals surface area contributed by atoms with Crippen LogP contribution in [0.25, 0.3) is 0 Å². The van der Waals surface area contributed by atoms with Crippen LogP contribution >= 0.6 is 11.6 Å². The molecule has 0 aliphatic carbocycles. The molecule has 1 N–H and O–H groups in total. The Balaban J connectivity index is 2.62. The first-order valence-electron chi connectivity index (χ1n) is 6.14. The van der Waals surface area contributed by atoms with Gasteiger partial charge in [0.25, 0.3) is 0 Å². The van der Waals surface area contributed by atoms with Gasteiger partial charge in [0.15, 0.2) is 0 Å². The number of halogens is 1. The van der Waals surface area contributed by atoms with Gasteiger partial charge in [-0.25, -0.2) is 4.79 Å². The Morgan fingerprint density at radius 3 is 2.74 bits per heavy atom. The Hall–Kier alpha value is -1.62. The van der Waals surface area contributed by atoms with E-state index in [1.54, 1.807) is 0 Å². The summed E-state index contributed by atoms with van der Waals surface area (Å²) in [5.41, 5.74) is 1.69. The topological polar surface area (TPSA) is 62.3 Å². The number of nitrogens with one attached hydrogen (secondary N) is 1. The molecule has 0 atom stereocenters. The number of hydrogen-bond acceptors (Lipinski definition) is 3. The molecule has 0 unspecified atom stereocenters. The van der Waals surface area contributed by atoms with E-state index in [-0.39, 0.29) is 18.2 Å². The second kappa shape index (κ2) is 7.74. The molecule has 0 spiro atoms. The molecule has 19 heavy (non-hydrogen) atoms. The van der Waals surface area contributed by atoms with Crippen LogP contribution in [0.15, 0.2) is 18.2 Å². The van der Waals surface area contributed by atoms with Crippen LogP contribution in [0.1, 0.15) is 24.7 Å². The van der Waals surface area contributed by atoms with Crippen molar-refractivity contribution in [3.05, 3.63) is 29.6 Å². The molecule has 0 bridgehead atoms. The largest absolute Gasteiger partial charge is 0.324 e. The smallest absolute Gasteiger partial charge is 0.319 e. The number of urea groups is 1. The number of hydrogen-bond donors (Lipinski definition) is 1.